The van der Waals surface area contributed by atoms with Crippen molar-refractivity contribution in [1.29, 1.82) is 0 Å². The van der Waals surface area contributed by atoms with E-state index in [-0.39, 0.29) is 0 Å². The zero-order valence-corrected chi connectivity index (χ0v) is 11.5. The van der Waals surface area contributed by atoms with E-state index >= 15 is 0 Å². The van der Waals surface area contributed by atoms with Crippen LogP contribution in [0.2, 0.25) is 0 Å². The number of nitrogens with one attached hydrogen (secondary N) is 1. The normalized spacial score (nSPS) is 20.6. The summed E-state index contributed by atoms with van der Waals surface area (Å²) in [4.78, 5) is 4.92. The van der Waals surface area contributed by atoms with Crippen molar-refractivity contribution >= 4 is 0 Å². The number of nitrogens with zero attached hydrogens (tertiary/aromatic N) is 2. The van der Waals surface area contributed by atoms with E-state index in [2.05, 4.69) is 29.1 Å². The summed E-state index contributed by atoms with van der Waals surface area (Å²) in [6, 6.07) is 0. The van der Waals surface area contributed by atoms with Gasteiger partial charge in [-0.2, -0.15) is 0 Å². The molecular formula is C13H29N3O. The second kappa shape index (κ2) is 8.86. The minimum Gasteiger partial charge on any atom is -0.396 e. The molecule has 0 saturated carbocycles. The highest BCUT2D eigenvalue weighted by Crippen LogP contribution is 2.02. The van der Waals surface area contributed by atoms with Crippen LogP contribution < -0.4 is 5.32 Å². The molecule has 0 aromatic carbocycles. The smallest absolute Gasteiger partial charge is 0.0456 e. The average Bonchev–Trinajstić information content (AvgIpc) is 2.35. The first kappa shape index (κ1) is 14.9. The van der Waals surface area contributed by atoms with E-state index in [1.165, 1.54) is 39.1 Å². The Balaban J connectivity index is 1.87. The number of aliphatic hydroxyl groups excluding tert-OH is 1. The third kappa shape index (κ3) is 6.99. The summed E-state index contributed by atoms with van der Waals surface area (Å²) in [5.74, 6) is 0.453. The lowest BCUT2D eigenvalue weighted by atomic mass is 10.1. The monoisotopic (exact) mass is 243 g/mol. The topological polar surface area (TPSA) is 38.7 Å². The summed E-state index contributed by atoms with van der Waals surface area (Å²) in [6.07, 6.45) is 2.29. The van der Waals surface area contributed by atoms with E-state index in [1.54, 1.807) is 0 Å². The van der Waals surface area contributed by atoms with Crippen LogP contribution in [-0.4, -0.2) is 74.4 Å². The maximum atomic E-state index is 8.90. The first-order valence-corrected chi connectivity index (χ1v) is 6.95. The minimum atomic E-state index is 0.321. The van der Waals surface area contributed by atoms with Gasteiger partial charge < -0.3 is 15.3 Å². The van der Waals surface area contributed by atoms with E-state index in [9.17, 15) is 0 Å². The van der Waals surface area contributed by atoms with Gasteiger partial charge in [-0.3, -0.25) is 4.90 Å². The van der Waals surface area contributed by atoms with Crippen LogP contribution in [-0.2, 0) is 0 Å². The summed E-state index contributed by atoms with van der Waals surface area (Å²) in [7, 11) is 2.19. The lowest BCUT2D eigenvalue weighted by Gasteiger charge is -2.32. The SMILES string of the molecule is CC(CO)CCCNCCN1CCN(C)CC1. The van der Waals surface area contributed by atoms with Gasteiger partial charge in [0.05, 0.1) is 0 Å². The van der Waals surface area contributed by atoms with Crippen molar-refractivity contribution < 1.29 is 5.11 Å². The molecule has 102 valence electrons. The van der Waals surface area contributed by atoms with Gasteiger partial charge in [0.15, 0.2) is 0 Å². The molecule has 0 bridgehead atoms. The average molecular weight is 243 g/mol. The number of hydrogen-bond acceptors (Lipinski definition) is 4. The third-order valence-corrected chi connectivity index (χ3v) is 3.56. The number of piperazine rings is 1. The summed E-state index contributed by atoms with van der Waals surface area (Å²) < 4.78 is 0. The quantitative estimate of drug-likeness (QED) is 0.599. The van der Waals surface area contributed by atoms with Crippen molar-refractivity contribution in [1.82, 2.24) is 15.1 Å². The maximum Gasteiger partial charge on any atom is 0.0456 e. The predicted octanol–water partition coefficient (Wildman–Crippen LogP) is 0.232. The Morgan fingerprint density at radius 1 is 1.18 bits per heavy atom. The van der Waals surface area contributed by atoms with Crippen LogP contribution in [0.4, 0.5) is 0 Å². The molecule has 0 radical (unpaired) electrons. The van der Waals surface area contributed by atoms with E-state index in [0.29, 0.717) is 12.5 Å². The Bertz CT molecular complexity index is 182. The molecule has 0 spiro atoms. The van der Waals surface area contributed by atoms with Crippen LogP contribution in [0, 0.1) is 5.92 Å². The second-order valence-corrected chi connectivity index (χ2v) is 5.32. The van der Waals surface area contributed by atoms with Crippen molar-refractivity contribution in [2.75, 3.05) is 59.5 Å². The van der Waals surface area contributed by atoms with Gasteiger partial charge in [0.1, 0.15) is 0 Å². The lowest BCUT2D eigenvalue weighted by molar-refractivity contribution is 0.154. The molecule has 1 saturated heterocycles. The number of likely N-dealkylation sites (N-methyl/N-ethyl adjacent to an activating group) is 1. The molecule has 4 nitrogen and oxygen atoms in total. The summed E-state index contributed by atoms with van der Waals surface area (Å²) in [6.45, 7) is 10.6. The summed E-state index contributed by atoms with van der Waals surface area (Å²) >= 11 is 0. The lowest BCUT2D eigenvalue weighted by Crippen LogP contribution is -2.46. The Hall–Kier alpha value is -0.160. The zero-order chi connectivity index (χ0) is 12.5. The van der Waals surface area contributed by atoms with Gasteiger partial charge in [-0.05, 0) is 32.4 Å². The number of rotatable bonds is 8. The van der Waals surface area contributed by atoms with Crippen molar-refractivity contribution in [3.8, 4) is 0 Å². The van der Waals surface area contributed by atoms with Crippen molar-refractivity contribution in [3.63, 3.8) is 0 Å². The maximum absolute atomic E-state index is 8.90. The molecule has 1 rings (SSSR count). The highest BCUT2D eigenvalue weighted by atomic mass is 16.3. The molecule has 1 aliphatic rings. The Labute approximate surface area is 106 Å². The molecule has 0 aromatic rings. The molecular weight excluding hydrogens is 214 g/mol. The molecule has 1 aliphatic heterocycles. The van der Waals surface area contributed by atoms with Gasteiger partial charge in [-0.15, -0.1) is 0 Å². The zero-order valence-electron chi connectivity index (χ0n) is 11.5. The van der Waals surface area contributed by atoms with Gasteiger partial charge in [0.25, 0.3) is 0 Å². The Kier molecular flexibility index (Phi) is 7.77. The predicted molar refractivity (Wildman–Crippen MR) is 72.3 cm³/mol. The number of hydrogen-bond donors (Lipinski definition) is 2. The Morgan fingerprint density at radius 2 is 1.88 bits per heavy atom. The fourth-order valence-corrected chi connectivity index (χ4v) is 2.10. The standard InChI is InChI=1S/C13H29N3O/c1-13(12-17)4-3-5-14-6-7-16-10-8-15(2)9-11-16/h13-14,17H,3-12H2,1-2H3. The highest BCUT2D eigenvalue weighted by molar-refractivity contribution is 4.69. The third-order valence-electron chi connectivity index (χ3n) is 3.56. The number of aliphatic hydroxyl groups is 1. The van der Waals surface area contributed by atoms with Gasteiger partial charge in [-0.1, -0.05) is 6.92 Å². The summed E-state index contributed by atoms with van der Waals surface area (Å²) in [5, 5.41) is 12.4. The van der Waals surface area contributed by atoms with Crippen LogP contribution >= 0.6 is 0 Å². The van der Waals surface area contributed by atoms with Crippen LogP contribution in [0.25, 0.3) is 0 Å². The molecule has 2 N–H and O–H groups in total. The molecule has 1 unspecified atom stereocenters. The summed E-state index contributed by atoms with van der Waals surface area (Å²) in [5.41, 5.74) is 0. The van der Waals surface area contributed by atoms with Gasteiger partial charge in [0, 0.05) is 45.9 Å². The van der Waals surface area contributed by atoms with E-state index in [4.69, 9.17) is 5.11 Å². The highest BCUT2D eigenvalue weighted by Gasteiger charge is 2.12. The van der Waals surface area contributed by atoms with Crippen molar-refractivity contribution in [2.24, 2.45) is 5.92 Å². The van der Waals surface area contributed by atoms with Crippen LogP contribution in [0.1, 0.15) is 19.8 Å². The van der Waals surface area contributed by atoms with Crippen LogP contribution in [0.15, 0.2) is 0 Å². The molecule has 4 heteroatoms. The van der Waals surface area contributed by atoms with Crippen molar-refractivity contribution in [2.45, 2.75) is 19.8 Å². The van der Waals surface area contributed by atoms with E-state index < -0.39 is 0 Å². The first-order chi connectivity index (χ1) is 8.22. The van der Waals surface area contributed by atoms with Crippen LogP contribution in [0.3, 0.4) is 0 Å². The largest absolute Gasteiger partial charge is 0.396 e. The van der Waals surface area contributed by atoms with E-state index in [1.807, 2.05) is 0 Å². The fourth-order valence-electron chi connectivity index (χ4n) is 2.10. The fraction of sp³-hybridized carbons (Fsp3) is 1.00. The molecule has 0 amide bonds. The molecule has 1 atom stereocenters. The first-order valence-electron chi connectivity index (χ1n) is 6.95. The van der Waals surface area contributed by atoms with Gasteiger partial charge in [0.2, 0.25) is 0 Å². The Morgan fingerprint density at radius 3 is 2.53 bits per heavy atom. The molecule has 1 heterocycles. The molecule has 17 heavy (non-hydrogen) atoms. The molecule has 1 fully saturated rings. The minimum absolute atomic E-state index is 0.321. The van der Waals surface area contributed by atoms with E-state index in [0.717, 1.165) is 19.5 Å². The second-order valence-electron chi connectivity index (χ2n) is 5.32. The molecule has 0 aromatic heterocycles. The van der Waals surface area contributed by atoms with Gasteiger partial charge >= 0.3 is 0 Å². The van der Waals surface area contributed by atoms with Crippen molar-refractivity contribution in [3.05, 3.63) is 0 Å². The van der Waals surface area contributed by atoms with Crippen LogP contribution in [0.5, 0.6) is 0 Å². The molecule has 0 aliphatic carbocycles. The van der Waals surface area contributed by atoms with Gasteiger partial charge in [-0.25, -0.2) is 0 Å².